The van der Waals surface area contributed by atoms with Gasteiger partial charge in [-0.15, -0.1) is 0 Å². The molecule has 1 fully saturated rings. The average Bonchev–Trinajstić information content (AvgIpc) is 2.39. The van der Waals surface area contributed by atoms with Gasteiger partial charge in [0.1, 0.15) is 0 Å². The fourth-order valence-corrected chi connectivity index (χ4v) is 2.03. The maximum absolute atomic E-state index is 5.35. The third-order valence-corrected chi connectivity index (χ3v) is 3.12. The van der Waals surface area contributed by atoms with Crippen molar-refractivity contribution in [3.63, 3.8) is 0 Å². The van der Waals surface area contributed by atoms with E-state index in [1.54, 1.807) is 7.11 Å². The Morgan fingerprint density at radius 1 is 1.44 bits per heavy atom. The van der Waals surface area contributed by atoms with E-state index in [4.69, 9.17) is 4.74 Å². The van der Waals surface area contributed by atoms with Crippen LogP contribution >= 0.6 is 0 Å². The Balaban J connectivity index is 2.02. The lowest BCUT2D eigenvalue weighted by molar-refractivity contribution is 0.0816. The zero-order chi connectivity index (χ0) is 11.4. The summed E-state index contributed by atoms with van der Waals surface area (Å²) in [6.45, 7) is 4.10. The number of aryl methyl sites for hydroxylation is 1. The molecule has 2 rings (SSSR count). The minimum atomic E-state index is 0.408. The van der Waals surface area contributed by atoms with Crippen LogP contribution in [0.15, 0.2) is 12.3 Å². The lowest BCUT2D eigenvalue weighted by Crippen LogP contribution is -2.37. The molecule has 16 heavy (non-hydrogen) atoms. The molecule has 0 unspecified atom stereocenters. The van der Waals surface area contributed by atoms with Crippen LogP contribution in [0.3, 0.4) is 0 Å². The number of nitrogens with zero attached hydrogens (tertiary/aromatic N) is 3. The molecule has 1 aromatic rings. The summed E-state index contributed by atoms with van der Waals surface area (Å²) in [7, 11) is 1.79. The minimum Gasteiger partial charge on any atom is -0.381 e. The molecule has 0 N–H and O–H groups in total. The second kappa shape index (κ2) is 5.25. The van der Waals surface area contributed by atoms with E-state index in [1.807, 2.05) is 12.3 Å². The fourth-order valence-electron chi connectivity index (χ4n) is 2.03. The first-order chi connectivity index (χ1) is 7.83. The van der Waals surface area contributed by atoms with Crippen molar-refractivity contribution in [1.29, 1.82) is 0 Å². The topological polar surface area (TPSA) is 38.2 Å². The van der Waals surface area contributed by atoms with Gasteiger partial charge in [-0.1, -0.05) is 6.92 Å². The number of piperidine rings is 1. The van der Waals surface area contributed by atoms with E-state index < -0.39 is 0 Å². The molecule has 0 radical (unpaired) electrons. The summed E-state index contributed by atoms with van der Waals surface area (Å²) in [6.07, 6.45) is 5.35. The molecule has 0 spiro atoms. The van der Waals surface area contributed by atoms with Gasteiger partial charge in [-0.05, 0) is 25.3 Å². The van der Waals surface area contributed by atoms with Crippen LogP contribution in [0.5, 0.6) is 0 Å². The normalized spacial score (nSPS) is 17.8. The Morgan fingerprint density at radius 2 is 2.19 bits per heavy atom. The third-order valence-electron chi connectivity index (χ3n) is 3.12. The van der Waals surface area contributed by atoms with Crippen molar-refractivity contribution in [2.24, 2.45) is 0 Å². The van der Waals surface area contributed by atoms with Gasteiger partial charge >= 0.3 is 0 Å². The molecule has 0 aromatic carbocycles. The number of hydrogen-bond acceptors (Lipinski definition) is 4. The van der Waals surface area contributed by atoms with Crippen LogP contribution in [0.1, 0.15) is 25.5 Å². The highest BCUT2D eigenvalue weighted by Gasteiger charge is 2.20. The predicted octanol–water partition coefficient (Wildman–Crippen LogP) is 1.65. The first-order valence-electron chi connectivity index (χ1n) is 5.93. The minimum absolute atomic E-state index is 0.408. The third kappa shape index (κ3) is 2.50. The Labute approximate surface area is 96.7 Å². The summed E-state index contributed by atoms with van der Waals surface area (Å²) < 4.78 is 5.35. The smallest absolute Gasteiger partial charge is 0.225 e. The molecule has 88 valence electrons. The first-order valence-corrected chi connectivity index (χ1v) is 5.93. The van der Waals surface area contributed by atoms with Crippen molar-refractivity contribution in [1.82, 2.24) is 9.97 Å². The lowest BCUT2D eigenvalue weighted by Gasteiger charge is -2.31. The summed E-state index contributed by atoms with van der Waals surface area (Å²) in [5.74, 6) is 0.869. The van der Waals surface area contributed by atoms with E-state index in [0.717, 1.165) is 44.0 Å². The molecule has 0 aliphatic carbocycles. The average molecular weight is 221 g/mol. The molecule has 4 nitrogen and oxygen atoms in total. The van der Waals surface area contributed by atoms with E-state index in [0.29, 0.717) is 6.10 Å². The first kappa shape index (κ1) is 11.3. The highest BCUT2D eigenvalue weighted by atomic mass is 16.5. The van der Waals surface area contributed by atoms with Crippen LogP contribution in [0.2, 0.25) is 0 Å². The lowest BCUT2D eigenvalue weighted by atomic mass is 10.1. The number of anilines is 1. The summed E-state index contributed by atoms with van der Waals surface area (Å²) >= 11 is 0. The second-order valence-corrected chi connectivity index (χ2v) is 4.12. The van der Waals surface area contributed by atoms with E-state index in [9.17, 15) is 0 Å². The van der Waals surface area contributed by atoms with E-state index in [-0.39, 0.29) is 0 Å². The van der Waals surface area contributed by atoms with Gasteiger partial charge in [0, 0.05) is 32.1 Å². The van der Waals surface area contributed by atoms with E-state index in [2.05, 4.69) is 21.8 Å². The van der Waals surface area contributed by atoms with Crippen molar-refractivity contribution < 1.29 is 4.74 Å². The van der Waals surface area contributed by atoms with Gasteiger partial charge < -0.3 is 9.64 Å². The molecule has 1 aromatic heterocycles. The van der Waals surface area contributed by atoms with Crippen LogP contribution in [-0.2, 0) is 11.2 Å². The second-order valence-electron chi connectivity index (χ2n) is 4.12. The van der Waals surface area contributed by atoms with Gasteiger partial charge in [0.25, 0.3) is 0 Å². The van der Waals surface area contributed by atoms with Crippen molar-refractivity contribution >= 4 is 5.95 Å². The van der Waals surface area contributed by atoms with Gasteiger partial charge in [-0.25, -0.2) is 9.97 Å². The maximum atomic E-state index is 5.35. The van der Waals surface area contributed by atoms with Gasteiger partial charge in [-0.3, -0.25) is 0 Å². The van der Waals surface area contributed by atoms with Crippen molar-refractivity contribution in [3.05, 3.63) is 18.0 Å². The molecular formula is C12H19N3O. The summed E-state index contributed by atoms with van der Waals surface area (Å²) in [6, 6.07) is 1.98. The molecule has 1 aliphatic heterocycles. The Hall–Kier alpha value is -1.16. The molecule has 2 heterocycles. The molecule has 0 saturated carbocycles. The largest absolute Gasteiger partial charge is 0.381 e. The van der Waals surface area contributed by atoms with Crippen molar-refractivity contribution in [3.8, 4) is 0 Å². The molecule has 1 saturated heterocycles. The Bertz CT molecular complexity index is 335. The Morgan fingerprint density at radius 3 is 2.81 bits per heavy atom. The molecule has 4 heteroatoms. The SMILES string of the molecule is CCc1ccnc(N2CCC(OC)CC2)n1. The molecule has 0 amide bonds. The van der Waals surface area contributed by atoms with Crippen LogP contribution in [0.25, 0.3) is 0 Å². The van der Waals surface area contributed by atoms with Crippen LogP contribution in [0.4, 0.5) is 5.95 Å². The van der Waals surface area contributed by atoms with Crippen LogP contribution < -0.4 is 4.90 Å². The highest BCUT2D eigenvalue weighted by Crippen LogP contribution is 2.17. The summed E-state index contributed by atoms with van der Waals surface area (Å²) in [5, 5.41) is 0. The zero-order valence-corrected chi connectivity index (χ0v) is 10.0. The standard InChI is InChI=1S/C12H19N3O/c1-3-10-4-7-13-12(14-10)15-8-5-11(16-2)6-9-15/h4,7,11H,3,5-6,8-9H2,1-2H3. The zero-order valence-electron chi connectivity index (χ0n) is 10.0. The number of aromatic nitrogens is 2. The Kier molecular flexibility index (Phi) is 3.72. The number of rotatable bonds is 3. The van der Waals surface area contributed by atoms with Gasteiger partial charge in [-0.2, -0.15) is 0 Å². The van der Waals surface area contributed by atoms with E-state index >= 15 is 0 Å². The molecular weight excluding hydrogens is 202 g/mol. The van der Waals surface area contributed by atoms with Gasteiger partial charge in [0.2, 0.25) is 5.95 Å². The van der Waals surface area contributed by atoms with Gasteiger partial charge in [0.15, 0.2) is 0 Å². The van der Waals surface area contributed by atoms with Gasteiger partial charge in [0.05, 0.1) is 6.10 Å². The van der Waals surface area contributed by atoms with E-state index in [1.165, 1.54) is 0 Å². The number of ether oxygens (including phenoxy) is 1. The predicted molar refractivity (Wildman–Crippen MR) is 63.7 cm³/mol. The molecule has 0 atom stereocenters. The maximum Gasteiger partial charge on any atom is 0.225 e. The van der Waals surface area contributed by atoms with Crippen LogP contribution in [0, 0.1) is 0 Å². The quantitative estimate of drug-likeness (QED) is 0.778. The summed E-state index contributed by atoms with van der Waals surface area (Å²) in [5.41, 5.74) is 1.11. The number of methoxy groups -OCH3 is 1. The number of hydrogen-bond donors (Lipinski definition) is 0. The fraction of sp³-hybridized carbons (Fsp3) is 0.667. The molecule has 1 aliphatic rings. The van der Waals surface area contributed by atoms with Crippen molar-refractivity contribution in [2.45, 2.75) is 32.3 Å². The monoisotopic (exact) mass is 221 g/mol. The molecule has 0 bridgehead atoms. The van der Waals surface area contributed by atoms with Crippen LogP contribution in [-0.4, -0.2) is 36.3 Å². The summed E-state index contributed by atoms with van der Waals surface area (Å²) in [4.78, 5) is 11.1. The van der Waals surface area contributed by atoms with Crippen molar-refractivity contribution in [2.75, 3.05) is 25.1 Å². The highest BCUT2D eigenvalue weighted by molar-refractivity contribution is 5.30.